The number of benzene rings is 1. The number of rotatable bonds is 2. The number of hydrogen-bond acceptors (Lipinski definition) is 5. The number of hydrogen-bond donors (Lipinski definition) is 1. The molecule has 92 valence electrons. The summed E-state index contributed by atoms with van der Waals surface area (Å²) in [5, 5.41) is 13.2. The van der Waals surface area contributed by atoms with Crippen LogP contribution in [0.4, 0.5) is 4.39 Å². The molecule has 0 saturated carbocycles. The predicted molar refractivity (Wildman–Crippen MR) is 67.0 cm³/mol. The highest BCUT2D eigenvalue weighted by atomic mass is 32.2. The van der Waals surface area contributed by atoms with E-state index in [9.17, 15) is 4.39 Å². The van der Waals surface area contributed by atoms with Gasteiger partial charge in [-0.3, -0.25) is 0 Å². The largest absolute Gasteiger partial charge is 0.324 e. The van der Waals surface area contributed by atoms with Crippen molar-refractivity contribution in [1.29, 1.82) is 0 Å². The molecule has 0 unspecified atom stereocenters. The van der Waals surface area contributed by atoms with Crippen LogP contribution in [0.3, 0.4) is 0 Å². The number of fused-ring (bicyclic) bond motifs is 1. The van der Waals surface area contributed by atoms with Crippen molar-refractivity contribution in [2.75, 3.05) is 5.75 Å². The fraction of sp³-hybridized carbons (Fsp3) is 0.182. The fourth-order valence-electron chi connectivity index (χ4n) is 1.68. The Labute approximate surface area is 107 Å². The molecule has 2 aromatic rings. The van der Waals surface area contributed by atoms with Gasteiger partial charge in [0, 0.05) is 5.75 Å². The third kappa shape index (κ3) is 1.91. The minimum Gasteiger partial charge on any atom is -0.324 e. The molecule has 18 heavy (non-hydrogen) atoms. The highest BCUT2D eigenvalue weighted by Gasteiger charge is 2.18. The summed E-state index contributed by atoms with van der Waals surface area (Å²) < 4.78 is 14.5. The molecule has 5 nitrogen and oxygen atoms in total. The molecule has 0 saturated heterocycles. The van der Waals surface area contributed by atoms with Crippen LogP contribution in [0.2, 0.25) is 0 Å². The number of nitrogens with two attached hydrogens (primary N) is 1. The Morgan fingerprint density at radius 2 is 2.06 bits per heavy atom. The Hall–Kier alpha value is -1.73. The summed E-state index contributed by atoms with van der Waals surface area (Å²) in [6.45, 7) is 0.285. The molecule has 0 fully saturated rings. The summed E-state index contributed by atoms with van der Waals surface area (Å²) in [6, 6.07) is 6.28. The van der Waals surface area contributed by atoms with E-state index >= 15 is 0 Å². The Bertz CT molecular complexity index is 604. The first-order valence-electron chi connectivity index (χ1n) is 5.39. The molecule has 2 heterocycles. The van der Waals surface area contributed by atoms with Crippen LogP contribution < -0.4 is 5.73 Å². The van der Waals surface area contributed by atoms with Gasteiger partial charge in [-0.1, -0.05) is 23.9 Å². The first-order chi connectivity index (χ1) is 8.78. The van der Waals surface area contributed by atoms with Crippen LogP contribution in [0.25, 0.3) is 0 Å². The van der Waals surface area contributed by atoms with Gasteiger partial charge in [-0.15, -0.1) is 10.2 Å². The molecule has 0 amide bonds. The molecule has 3 rings (SSSR count). The molecule has 1 aliphatic rings. The van der Waals surface area contributed by atoms with Gasteiger partial charge in [0.1, 0.15) is 5.82 Å². The third-order valence-corrected chi connectivity index (χ3v) is 3.53. The van der Waals surface area contributed by atoms with Crippen LogP contribution in [-0.4, -0.2) is 26.3 Å². The average molecular weight is 263 g/mol. The maximum absolute atomic E-state index is 12.9. The SMILES string of the molecule is NCc1nnc2n1N=C(c1ccc(F)cc1)CS2. The molecule has 7 heteroatoms. The van der Waals surface area contributed by atoms with Crippen molar-refractivity contribution in [2.45, 2.75) is 11.7 Å². The number of thioether (sulfide) groups is 1. The molecule has 0 atom stereocenters. The second kappa shape index (κ2) is 4.51. The maximum atomic E-state index is 12.9. The standard InChI is InChI=1S/C11H10FN5S/c12-8-3-1-7(2-4-8)9-6-18-11-15-14-10(5-13)17(11)16-9/h1-4H,5-6,13H2. The molecule has 0 bridgehead atoms. The monoisotopic (exact) mass is 263 g/mol. The van der Waals surface area contributed by atoms with Gasteiger partial charge in [-0.2, -0.15) is 9.78 Å². The van der Waals surface area contributed by atoms with Crippen molar-refractivity contribution >= 4 is 17.5 Å². The fourth-order valence-corrected chi connectivity index (χ4v) is 2.54. The van der Waals surface area contributed by atoms with Crippen molar-refractivity contribution < 1.29 is 4.39 Å². The van der Waals surface area contributed by atoms with E-state index in [-0.39, 0.29) is 12.4 Å². The van der Waals surface area contributed by atoms with Crippen LogP contribution in [-0.2, 0) is 6.54 Å². The van der Waals surface area contributed by atoms with Crippen LogP contribution in [0, 0.1) is 5.82 Å². The molecule has 0 radical (unpaired) electrons. The Balaban J connectivity index is 2.02. The second-order valence-electron chi connectivity index (χ2n) is 3.76. The zero-order valence-corrected chi connectivity index (χ0v) is 10.2. The summed E-state index contributed by atoms with van der Waals surface area (Å²) in [5.74, 6) is 1.06. The molecule has 2 N–H and O–H groups in total. The van der Waals surface area contributed by atoms with E-state index in [2.05, 4.69) is 15.3 Å². The van der Waals surface area contributed by atoms with Gasteiger partial charge in [0.05, 0.1) is 12.3 Å². The summed E-state index contributed by atoms with van der Waals surface area (Å²) >= 11 is 1.54. The van der Waals surface area contributed by atoms with E-state index in [1.807, 2.05) is 0 Å². The van der Waals surface area contributed by atoms with Gasteiger partial charge in [-0.05, 0) is 17.7 Å². The van der Waals surface area contributed by atoms with Gasteiger partial charge in [0.25, 0.3) is 0 Å². The summed E-state index contributed by atoms with van der Waals surface area (Å²) in [4.78, 5) is 0. The first-order valence-corrected chi connectivity index (χ1v) is 6.37. The topological polar surface area (TPSA) is 69.1 Å². The van der Waals surface area contributed by atoms with Gasteiger partial charge in [0.2, 0.25) is 5.16 Å². The van der Waals surface area contributed by atoms with E-state index in [1.54, 1.807) is 28.6 Å². The lowest BCUT2D eigenvalue weighted by Crippen LogP contribution is -2.15. The molecular weight excluding hydrogens is 253 g/mol. The highest BCUT2D eigenvalue weighted by molar-refractivity contribution is 7.99. The Morgan fingerprint density at radius 3 is 2.78 bits per heavy atom. The molecule has 1 aromatic carbocycles. The number of halogens is 1. The highest BCUT2D eigenvalue weighted by Crippen LogP contribution is 2.23. The third-order valence-electron chi connectivity index (χ3n) is 2.60. The average Bonchev–Trinajstić information content (AvgIpc) is 2.81. The van der Waals surface area contributed by atoms with Crippen molar-refractivity contribution in [2.24, 2.45) is 10.8 Å². The van der Waals surface area contributed by atoms with Gasteiger partial charge >= 0.3 is 0 Å². The molecule has 1 aromatic heterocycles. The molecule has 0 aliphatic carbocycles. The lowest BCUT2D eigenvalue weighted by Gasteiger charge is -2.13. The zero-order chi connectivity index (χ0) is 12.5. The van der Waals surface area contributed by atoms with E-state index in [1.165, 1.54) is 12.1 Å². The van der Waals surface area contributed by atoms with E-state index in [4.69, 9.17) is 5.73 Å². The summed E-state index contributed by atoms with van der Waals surface area (Å²) in [6.07, 6.45) is 0. The first kappa shape index (κ1) is 11.4. The van der Waals surface area contributed by atoms with Crippen molar-refractivity contribution in [3.8, 4) is 0 Å². The smallest absolute Gasteiger partial charge is 0.212 e. The lowest BCUT2D eigenvalue weighted by molar-refractivity contribution is 0.627. The van der Waals surface area contributed by atoms with Crippen molar-refractivity contribution in [3.63, 3.8) is 0 Å². The minimum atomic E-state index is -0.254. The van der Waals surface area contributed by atoms with Crippen molar-refractivity contribution in [1.82, 2.24) is 14.9 Å². The second-order valence-corrected chi connectivity index (χ2v) is 4.70. The van der Waals surface area contributed by atoms with E-state index in [0.29, 0.717) is 11.6 Å². The molecular formula is C11H10FN5S. The number of nitrogens with zero attached hydrogens (tertiary/aromatic N) is 4. The Kier molecular flexibility index (Phi) is 2.85. The molecule has 0 spiro atoms. The van der Waals surface area contributed by atoms with Crippen LogP contribution in [0.15, 0.2) is 34.5 Å². The Morgan fingerprint density at radius 1 is 1.28 bits per heavy atom. The van der Waals surface area contributed by atoms with Gasteiger partial charge < -0.3 is 5.73 Å². The van der Waals surface area contributed by atoms with E-state index in [0.717, 1.165) is 16.4 Å². The normalized spacial score (nSPS) is 14.2. The van der Waals surface area contributed by atoms with Gasteiger partial charge in [0.15, 0.2) is 5.82 Å². The van der Waals surface area contributed by atoms with Crippen LogP contribution >= 0.6 is 11.8 Å². The summed E-state index contributed by atoms with van der Waals surface area (Å²) in [5.41, 5.74) is 7.33. The summed E-state index contributed by atoms with van der Waals surface area (Å²) in [7, 11) is 0. The van der Waals surface area contributed by atoms with Crippen molar-refractivity contribution in [3.05, 3.63) is 41.5 Å². The van der Waals surface area contributed by atoms with E-state index < -0.39 is 0 Å². The molecule has 1 aliphatic heterocycles. The quantitative estimate of drug-likeness (QED) is 0.885. The predicted octanol–water partition coefficient (Wildman–Crippen LogP) is 1.23. The van der Waals surface area contributed by atoms with Gasteiger partial charge in [-0.25, -0.2) is 4.39 Å². The van der Waals surface area contributed by atoms with Crippen LogP contribution in [0.1, 0.15) is 11.4 Å². The maximum Gasteiger partial charge on any atom is 0.212 e. The number of aromatic nitrogens is 3. The minimum absolute atomic E-state index is 0.254. The zero-order valence-electron chi connectivity index (χ0n) is 9.38. The lowest BCUT2D eigenvalue weighted by atomic mass is 10.1. The van der Waals surface area contributed by atoms with Crippen LogP contribution in [0.5, 0.6) is 0 Å².